The van der Waals surface area contributed by atoms with E-state index in [9.17, 15) is 5.11 Å². The lowest BCUT2D eigenvalue weighted by Crippen LogP contribution is -2.24. The Morgan fingerprint density at radius 2 is 1.53 bits per heavy atom. The van der Waals surface area contributed by atoms with Crippen LogP contribution in [0.4, 0.5) is 0 Å². The Morgan fingerprint density at radius 1 is 0.867 bits per heavy atom. The first-order chi connectivity index (χ1) is 14.7. The largest absolute Gasteiger partial charge is 0.508 e. The Bertz CT molecular complexity index is 967. The topological polar surface area (TPSA) is 38.7 Å². The van der Waals surface area contributed by atoms with Crippen LogP contribution in [0.25, 0.3) is 11.1 Å². The number of phenolic OH excluding ortho intramolecular Hbond substituents is 1. The maximum atomic E-state index is 9.77. The first-order valence-electron chi connectivity index (χ1n) is 10.7. The van der Waals surface area contributed by atoms with Crippen LogP contribution < -0.4 is 4.74 Å². The zero-order valence-corrected chi connectivity index (χ0v) is 17.4. The molecule has 0 aliphatic carbocycles. The van der Waals surface area contributed by atoms with Crippen LogP contribution in [0.15, 0.2) is 78.9 Å². The standard InChI is InChI=1S/C27H28O3/c1-2-25(20-8-4-3-5-9-20)27(21-11-15-23(28)16-12-21)22-13-17-24(18-14-22)30-26-10-6-7-19-29-26/h3-5,8-9,11-18,26,28H,2,6-7,10,19H2,1H3/b27-25+. The molecule has 4 rings (SSSR count). The van der Waals surface area contributed by atoms with Gasteiger partial charge in [-0.15, -0.1) is 0 Å². The van der Waals surface area contributed by atoms with E-state index in [0.717, 1.165) is 49.2 Å². The minimum atomic E-state index is -0.146. The van der Waals surface area contributed by atoms with E-state index in [2.05, 4.69) is 43.3 Å². The number of hydrogen-bond acceptors (Lipinski definition) is 3. The van der Waals surface area contributed by atoms with Gasteiger partial charge >= 0.3 is 0 Å². The molecule has 1 aliphatic heterocycles. The summed E-state index contributed by atoms with van der Waals surface area (Å²) in [7, 11) is 0. The minimum absolute atomic E-state index is 0.146. The van der Waals surface area contributed by atoms with Gasteiger partial charge in [0.15, 0.2) is 6.29 Å². The molecule has 0 spiro atoms. The van der Waals surface area contributed by atoms with Crippen molar-refractivity contribution in [2.45, 2.75) is 38.9 Å². The molecule has 0 radical (unpaired) electrons. The second-order valence-corrected chi connectivity index (χ2v) is 7.56. The average Bonchev–Trinajstić information content (AvgIpc) is 2.80. The number of rotatable bonds is 6. The van der Waals surface area contributed by atoms with Crippen molar-refractivity contribution in [3.05, 3.63) is 95.6 Å². The summed E-state index contributed by atoms with van der Waals surface area (Å²) in [4.78, 5) is 0. The fourth-order valence-corrected chi connectivity index (χ4v) is 3.96. The van der Waals surface area contributed by atoms with E-state index in [4.69, 9.17) is 9.47 Å². The second-order valence-electron chi connectivity index (χ2n) is 7.56. The molecule has 3 aromatic carbocycles. The number of phenols is 1. The fourth-order valence-electron chi connectivity index (χ4n) is 3.96. The van der Waals surface area contributed by atoms with E-state index < -0.39 is 0 Å². The summed E-state index contributed by atoms with van der Waals surface area (Å²) in [6.45, 7) is 2.95. The Kier molecular flexibility index (Phi) is 6.50. The van der Waals surface area contributed by atoms with Crippen LogP contribution in [0.1, 0.15) is 49.3 Å². The summed E-state index contributed by atoms with van der Waals surface area (Å²) in [5.74, 6) is 1.10. The van der Waals surface area contributed by atoms with Gasteiger partial charge in [-0.25, -0.2) is 0 Å². The van der Waals surface area contributed by atoms with Crippen LogP contribution in [0, 0.1) is 0 Å². The quantitative estimate of drug-likeness (QED) is 0.470. The van der Waals surface area contributed by atoms with Gasteiger partial charge in [0.2, 0.25) is 0 Å². The average molecular weight is 401 g/mol. The van der Waals surface area contributed by atoms with Crippen molar-refractivity contribution in [2.75, 3.05) is 6.61 Å². The highest BCUT2D eigenvalue weighted by Gasteiger charge is 2.16. The Labute approximate surface area is 178 Å². The highest BCUT2D eigenvalue weighted by atomic mass is 16.7. The highest BCUT2D eigenvalue weighted by molar-refractivity contribution is 5.98. The highest BCUT2D eigenvalue weighted by Crippen LogP contribution is 2.35. The van der Waals surface area contributed by atoms with Gasteiger partial charge in [-0.1, -0.05) is 61.5 Å². The van der Waals surface area contributed by atoms with E-state index in [1.165, 1.54) is 16.7 Å². The number of allylic oxidation sites excluding steroid dienone is 1. The van der Waals surface area contributed by atoms with Gasteiger partial charge in [0.1, 0.15) is 11.5 Å². The van der Waals surface area contributed by atoms with Crippen molar-refractivity contribution in [1.82, 2.24) is 0 Å². The zero-order valence-electron chi connectivity index (χ0n) is 17.4. The van der Waals surface area contributed by atoms with Crippen molar-refractivity contribution < 1.29 is 14.6 Å². The van der Waals surface area contributed by atoms with Crippen molar-refractivity contribution in [1.29, 1.82) is 0 Å². The molecule has 0 saturated carbocycles. The lowest BCUT2D eigenvalue weighted by atomic mass is 9.88. The molecular weight excluding hydrogens is 372 g/mol. The lowest BCUT2D eigenvalue weighted by Gasteiger charge is -2.23. The predicted molar refractivity (Wildman–Crippen MR) is 121 cm³/mol. The van der Waals surface area contributed by atoms with Gasteiger partial charge in [-0.3, -0.25) is 0 Å². The molecule has 0 aromatic heterocycles. The van der Waals surface area contributed by atoms with Crippen LogP contribution in [-0.2, 0) is 4.74 Å². The third-order valence-electron chi connectivity index (χ3n) is 5.48. The van der Waals surface area contributed by atoms with Gasteiger partial charge in [0.05, 0.1) is 6.61 Å². The third-order valence-corrected chi connectivity index (χ3v) is 5.48. The van der Waals surface area contributed by atoms with Crippen LogP contribution in [-0.4, -0.2) is 18.0 Å². The van der Waals surface area contributed by atoms with E-state index in [1.807, 2.05) is 30.3 Å². The number of hydrogen-bond donors (Lipinski definition) is 1. The molecule has 3 aromatic rings. The van der Waals surface area contributed by atoms with Gasteiger partial charge in [-0.05, 0) is 71.4 Å². The number of aromatic hydroxyl groups is 1. The van der Waals surface area contributed by atoms with Crippen LogP contribution >= 0.6 is 0 Å². The maximum Gasteiger partial charge on any atom is 0.199 e. The van der Waals surface area contributed by atoms with E-state index >= 15 is 0 Å². The monoisotopic (exact) mass is 400 g/mol. The molecule has 0 amide bonds. The van der Waals surface area contributed by atoms with Gasteiger partial charge in [0, 0.05) is 6.42 Å². The van der Waals surface area contributed by atoms with Gasteiger partial charge in [0.25, 0.3) is 0 Å². The Balaban J connectivity index is 1.72. The summed E-state index contributed by atoms with van der Waals surface area (Å²) >= 11 is 0. The Hall–Kier alpha value is -3.04. The molecule has 0 bridgehead atoms. The molecule has 1 unspecified atom stereocenters. The Morgan fingerprint density at radius 3 is 2.13 bits per heavy atom. The summed E-state index contributed by atoms with van der Waals surface area (Å²) in [5, 5.41) is 9.77. The summed E-state index contributed by atoms with van der Waals surface area (Å²) in [5.41, 5.74) is 5.85. The minimum Gasteiger partial charge on any atom is -0.508 e. The van der Waals surface area contributed by atoms with Crippen LogP contribution in [0.3, 0.4) is 0 Å². The summed E-state index contributed by atoms with van der Waals surface area (Å²) in [6.07, 6.45) is 3.95. The predicted octanol–water partition coefficient (Wildman–Crippen LogP) is 6.67. The number of benzene rings is 3. The van der Waals surface area contributed by atoms with Crippen molar-refractivity contribution >= 4 is 11.1 Å². The van der Waals surface area contributed by atoms with Crippen LogP contribution in [0.2, 0.25) is 0 Å². The third kappa shape index (κ3) is 4.74. The van der Waals surface area contributed by atoms with Gasteiger partial charge in [-0.2, -0.15) is 0 Å². The molecule has 3 nitrogen and oxygen atoms in total. The van der Waals surface area contributed by atoms with E-state index in [0.29, 0.717) is 0 Å². The van der Waals surface area contributed by atoms with Crippen molar-refractivity contribution in [3.63, 3.8) is 0 Å². The van der Waals surface area contributed by atoms with Gasteiger partial charge < -0.3 is 14.6 Å². The SMILES string of the molecule is CC/C(=C(/c1ccc(O)cc1)c1ccc(OC2CCCCO2)cc1)c1ccccc1. The first-order valence-corrected chi connectivity index (χ1v) is 10.7. The number of ether oxygens (including phenoxy) is 2. The smallest absolute Gasteiger partial charge is 0.199 e. The maximum absolute atomic E-state index is 9.77. The van der Waals surface area contributed by atoms with Crippen molar-refractivity contribution in [3.8, 4) is 11.5 Å². The first kappa shape index (κ1) is 20.2. The normalized spacial score (nSPS) is 17.3. The van der Waals surface area contributed by atoms with E-state index in [1.54, 1.807) is 12.1 Å². The lowest BCUT2D eigenvalue weighted by molar-refractivity contribution is -0.105. The molecule has 1 N–H and O–H groups in total. The molecule has 1 heterocycles. The molecule has 1 fully saturated rings. The molecule has 154 valence electrons. The molecule has 30 heavy (non-hydrogen) atoms. The molecule has 1 aliphatic rings. The fraction of sp³-hybridized carbons (Fsp3) is 0.259. The molecule has 1 atom stereocenters. The summed E-state index contributed by atoms with van der Waals surface area (Å²) in [6, 6.07) is 26.2. The summed E-state index contributed by atoms with van der Waals surface area (Å²) < 4.78 is 11.7. The van der Waals surface area contributed by atoms with Crippen molar-refractivity contribution in [2.24, 2.45) is 0 Å². The van der Waals surface area contributed by atoms with Crippen LogP contribution in [0.5, 0.6) is 11.5 Å². The molecular formula is C27H28O3. The molecule has 1 saturated heterocycles. The zero-order chi connectivity index (χ0) is 20.8. The van der Waals surface area contributed by atoms with E-state index in [-0.39, 0.29) is 12.0 Å². The second kappa shape index (κ2) is 9.64. The molecule has 3 heteroatoms.